The molecule has 5 atom stereocenters. The fraction of sp³-hybridized carbons (Fsp3) is 0.400. The summed E-state index contributed by atoms with van der Waals surface area (Å²) < 4.78 is 45.4. The molecular weight excluding hydrogens is 569 g/mol. The number of ether oxygens (including phenoxy) is 1. The van der Waals surface area contributed by atoms with E-state index in [9.17, 15) is 28.2 Å². The largest absolute Gasteiger partial charge is 0.504 e. The van der Waals surface area contributed by atoms with Gasteiger partial charge in [-0.1, -0.05) is 48.5 Å². The molecule has 44 heavy (non-hydrogen) atoms. The first-order chi connectivity index (χ1) is 21.0. The number of alkyl halides is 3. The summed E-state index contributed by atoms with van der Waals surface area (Å²) in [5.74, 6) is 0.137. The highest BCUT2D eigenvalue weighted by Gasteiger charge is 2.73. The second-order valence-corrected chi connectivity index (χ2v) is 12.6. The molecule has 3 aromatic rings. The number of carbonyl (C=O) groups is 1. The Morgan fingerprint density at radius 3 is 2.57 bits per heavy atom. The van der Waals surface area contributed by atoms with Gasteiger partial charge in [-0.15, -0.1) is 0 Å². The molecule has 9 heteroatoms. The van der Waals surface area contributed by atoms with Crippen LogP contribution in [0, 0.1) is 0 Å². The quantitative estimate of drug-likeness (QED) is 0.372. The van der Waals surface area contributed by atoms with E-state index in [4.69, 9.17) is 4.74 Å². The van der Waals surface area contributed by atoms with E-state index in [-0.39, 0.29) is 23.7 Å². The van der Waals surface area contributed by atoms with Crippen molar-refractivity contribution in [3.63, 3.8) is 0 Å². The van der Waals surface area contributed by atoms with E-state index >= 15 is 0 Å². The number of nitrogens with zero attached hydrogens (tertiary/aromatic N) is 2. The van der Waals surface area contributed by atoms with Gasteiger partial charge in [-0.3, -0.25) is 9.69 Å². The van der Waals surface area contributed by atoms with Crippen molar-refractivity contribution in [3.8, 4) is 11.5 Å². The van der Waals surface area contributed by atoms with Crippen molar-refractivity contribution in [2.45, 2.75) is 67.5 Å². The SMILES string of the molecule is CN(C(=O)C=Cc1ccc(C(F)(F)F)cc1)[C@@H]1CC[C@@]2(O)[C@H]3Cc4ccc(O)c5c4[C@@]2(CCN3CCc2ccccc2)[C@H]1O5. The van der Waals surface area contributed by atoms with Crippen molar-refractivity contribution >= 4 is 12.0 Å². The number of aliphatic hydroxyl groups is 1. The zero-order valence-corrected chi connectivity index (χ0v) is 24.4. The highest BCUT2D eigenvalue weighted by molar-refractivity contribution is 5.92. The Labute approximate surface area is 254 Å². The third-order valence-corrected chi connectivity index (χ3v) is 10.6. The van der Waals surface area contributed by atoms with E-state index in [1.165, 1.54) is 29.8 Å². The van der Waals surface area contributed by atoms with Gasteiger partial charge in [0.1, 0.15) is 6.10 Å². The summed E-state index contributed by atoms with van der Waals surface area (Å²) in [6.45, 7) is 1.57. The molecule has 0 unspecified atom stereocenters. The molecule has 1 saturated heterocycles. The normalized spacial score (nSPS) is 28.9. The maximum atomic E-state index is 13.4. The van der Waals surface area contributed by atoms with E-state index in [1.807, 2.05) is 24.3 Å². The summed E-state index contributed by atoms with van der Waals surface area (Å²) >= 11 is 0. The van der Waals surface area contributed by atoms with Gasteiger partial charge in [-0.2, -0.15) is 13.2 Å². The molecule has 2 fully saturated rings. The lowest BCUT2D eigenvalue weighted by molar-refractivity contribution is -0.199. The number of piperidine rings is 1. The number of phenolic OH excluding ortho intramolecular Hbond substituents is 1. The lowest BCUT2D eigenvalue weighted by Crippen LogP contribution is -2.78. The Hall–Kier alpha value is -3.82. The standard InChI is InChI=1S/C35H35F3N2O4/c1-39(29(42)14-9-23-7-11-25(12-8-23)35(36,37)38)26-15-17-34(43)28-21-24-10-13-27(41)31-30(24)33(34,32(26)44-31)18-20-40(28)19-16-22-5-3-2-4-6-22/h2-14,26,28,32,41,43H,15-21H2,1H3/t26-,28-,32+,33+,34-/m1/s1. The molecule has 3 aromatic carbocycles. The van der Waals surface area contributed by atoms with Crippen LogP contribution in [0.5, 0.6) is 11.5 Å². The molecule has 4 aliphatic rings. The Morgan fingerprint density at radius 2 is 1.84 bits per heavy atom. The monoisotopic (exact) mass is 604 g/mol. The molecule has 1 saturated carbocycles. The number of rotatable bonds is 6. The molecule has 7 rings (SSSR count). The first-order valence-electron chi connectivity index (χ1n) is 15.2. The van der Waals surface area contributed by atoms with Crippen molar-refractivity contribution in [2.24, 2.45) is 0 Å². The molecule has 6 nitrogen and oxygen atoms in total. The molecule has 2 bridgehead atoms. The molecule has 0 aromatic heterocycles. The van der Waals surface area contributed by atoms with Crippen molar-refractivity contribution in [1.82, 2.24) is 9.80 Å². The molecule has 1 spiro atoms. The predicted molar refractivity (Wildman–Crippen MR) is 159 cm³/mol. The summed E-state index contributed by atoms with van der Waals surface area (Å²) in [4.78, 5) is 17.5. The Bertz CT molecular complexity index is 1610. The number of phenols is 1. The van der Waals surface area contributed by atoms with E-state index in [2.05, 4.69) is 17.0 Å². The second kappa shape index (κ2) is 10.4. The van der Waals surface area contributed by atoms with Crippen LogP contribution < -0.4 is 4.74 Å². The number of hydrogen-bond acceptors (Lipinski definition) is 5. The number of likely N-dealkylation sites (tertiary alicyclic amines) is 1. The van der Waals surface area contributed by atoms with Crippen molar-refractivity contribution in [2.75, 3.05) is 20.1 Å². The minimum Gasteiger partial charge on any atom is -0.504 e. The topological polar surface area (TPSA) is 73.2 Å². The first kappa shape index (κ1) is 28.9. The predicted octanol–water partition coefficient (Wildman–Crippen LogP) is 5.35. The summed E-state index contributed by atoms with van der Waals surface area (Å²) in [5.41, 5.74) is 1.05. The van der Waals surface area contributed by atoms with Gasteiger partial charge in [0, 0.05) is 31.3 Å². The number of carbonyl (C=O) groups excluding carboxylic acids is 1. The number of benzene rings is 3. The van der Waals surface area contributed by atoms with Gasteiger partial charge < -0.3 is 19.8 Å². The van der Waals surface area contributed by atoms with Crippen LogP contribution in [0.15, 0.2) is 72.8 Å². The van der Waals surface area contributed by atoms with E-state index in [0.29, 0.717) is 37.0 Å². The molecule has 2 heterocycles. The highest BCUT2D eigenvalue weighted by Crippen LogP contribution is 2.65. The number of aromatic hydroxyl groups is 1. The Morgan fingerprint density at radius 1 is 1.09 bits per heavy atom. The van der Waals surface area contributed by atoms with Gasteiger partial charge in [-0.05, 0) is 79.6 Å². The van der Waals surface area contributed by atoms with Crippen LogP contribution in [-0.2, 0) is 29.2 Å². The fourth-order valence-electron chi connectivity index (χ4n) is 8.42. The minimum absolute atomic E-state index is 0.0368. The fourth-order valence-corrected chi connectivity index (χ4v) is 8.42. The van der Waals surface area contributed by atoms with Crippen LogP contribution >= 0.6 is 0 Å². The zero-order valence-electron chi connectivity index (χ0n) is 24.4. The number of halogens is 3. The van der Waals surface area contributed by atoms with Gasteiger partial charge in [0.05, 0.1) is 22.6 Å². The number of likely N-dealkylation sites (N-methyl/N-ethyl adjacent to an activating group) is 1. The van der Waals surface area contributed by atoms with Gasteiger partial charge >= 0.3 is 6.18 Å². The first-order valence-corrected chi connectivity index (χ1v) is 15.2. The maximum absolute atomic E-state index is 13.4. The van der Waals surface area contributed by atoms with Crippen LogP contribution in [0.2, 0.25) is 0 Å². The summed E-state index contributed by atoms with van der Waals surface area (Å²) in [7, 11) is 1.70. The van der Waals surface area contributed by atoms with Crippen LogP contribution in [0.1, 0.15) is 47.1 Å². The summed E-state index contributed by atoms with van der Waals surface area (Å²) in [6.07, 6.45) is 1.02. The van der Waals surface area contributed by atoms with Gasteiger partial charge in [0.25, 0.3) is 0 Å². The minimum atomic E-state index is -4.43. The zero-order chi connectivity index (χ0) is 30.9. The van der Waals surface area contributed by atoms with E-state index in [1.54, 1.807) is 18.0 Å². The van der Waals surface area contributed by atoms with Gasteiger partial charge in [-0.25, -0.2) is 0 Å². The molecular formula is C35H35F3N2O4. The van der Waals surface area contributed by atoms with Crippen LogP contribution in [-0.4, -0.2) is 69.8 Å². The van der Waals surface area contributed by atoms with Crippen molar-refractivity contribution in [3.05, 3.63) is 101 Å². The van der Waals surface area contributed by atoms with Crippen LogP contribution in [0.4, 0.5) is 13.2 Å². The summed E-state index contributed by atoms with van der Waals surface area (Å²) in [5, 5.41) is 23.6. The van der Waals surface area contributed by atoms with E-state index in [0.717, 1.165) is 42.8 Å². The molecule has 2 N–H and O–H groups in total. The average Bonchev–Trinajstić information content (AvgIpc) is 3.36. The van der Waals surface area contributed by atoms with Gasteiger partial charge in [0.2, 0.25) is 5.91 Å². The Balaban J connectivity index is 1.17. The smallest absolute Gasteiger partial charge is 0.416 e. The lowest BCUT2D eigenvalue weighted by atomic mass is 9.48. The molecule has 230 valence electrons. The third kappa shape index (κ3) is 4.35. The van der Waals surface area contributed by atoms with Crippen molar-refractivity contribution in [1.29, 1.82) is 0 Å². The number of amides is 1. The average molecular weight is 605 g/mol. The third-order valence-electron chi connectivity index (χ3n) is 10.6. The molecule has 2 aliphatic heterocycles. The molecule has 0 radical (unpaired) electrons. The second-order valence-electron chi connectivity index (χ2n) is 12.6. The maximum Gasteiger partial charge on any atom is 0.416 e. The number of hydrogen-bond donors (Lipinski definition) is 2. The van der Waals surface area contributed by atoms with Crippen LogP contribution in [0.25, 0.3) is 6.08 Å². The van der Waals surface area contributed by atoms with Crippen molar-refractivity contribution < 1.29 is 32.9 Å². The summed E-state index contributed by atoms with van der Waals surface area (Å²) in [6, 6.07) is 18.1. The highest BCUT2D eigenvalue weighted by atomic mass is 19.4. The van der Waals surface area contributed by atoms with E-state index < -0.39 is 28.9 Å². The Kier molecular flexibility index (Phi) is 6.82. The molecule has 2 aliphatic carbocycles. The molecule has 1 amide bonds. The van der Waals surface area contributed by atoms with Crippen LogP contribution in [0.3, 0.4) is 0 Å². The lowest BCUT2D eigenvalue weighted by Gasteiger charge is -2.64. The van der Waals surface area contributed by atoms with Gasteiger partial charge in [0.15, 0.2) is 11.5 Å².